The fourth-order valence-electron chi connectivity index (χ4n) is 2.21. The molecule has 1 rings (SSSR count). The highest BCUT2D eigenvalue weighted by Crippen LogP contribution is 2.20. The fraction of sp³-hybridized carbons (Fsp3) is 0.833. The summed E-state index contributed by atoms with van der Waals surface area (Å²) in [6.07, 6.45) is 4.61. The number of carbonyl (C=O) groups excluding carboxylic acids is 1. The van der Waals surface area contributed by atoms with E-state index in [-0.39, 0.29) is 5.91 Å². The first-order valence-corrected chi connectivity index (χ1v) is 6.23. The Kier molecular flexibility index (Phi) is 5.95. The zero-order valence-electron chi connectivity index (χ0n) is 10.5. The topological polar surface area (TPSA) is 82.2 Å². The number of hydrogen-bond acceptors (Lipinski definition) is 4. The molecule has 1 amide bonds. The van der Waals surface area contributed by atoms with Gasteiger partial charge in [0.05, 0.1) is 19.0 Å². The number of nitriles is 1. The maximum absolute atomic E-state index is 11.5. The van der Waals surface area contributed by atoms with Crippen molar-refractivity contribution in [3.8, 4) is 6.07 Å². The minimum Gasteiger partial charge on any atom is -0.354 e. The second kappa shape index (κ2) is 7.25. The van der Waals surface area contributed by atoms with Gasteiger partial charge in [0, 0.05) is 18.6 Å². The predicted molar refractivity (Wildman–Crippen MR) is 66.1 cm³/mol. The maximum Gasteiger partial charge on any atom is 0.234 e. The molecule has 0 radical (unpaired) electrons. The lowest BCUT2D eigenvalue weighted by Crippen LogP contribution is -2.43. The molecule has 0 spiro atoms. The number of carbonyl (C=O) groups is 1. The number of rotatable bonds is 5. The number of nitrogens with one attached hydrogen (secondary N) is 1. The van der Waals surface area contributed by atoms with Gasteiger partial charge in [0.25, 0.3) is 0 Å². The van der Waals surface area contributed by atoms with Crippen molar-refractivity contribution in [3.05, 3.63) is 0 Å². The van der Waals surface area contributed by atoms with Crippen LogP contribution in [0.4, 0.5) is 0 Å². The summed E-state index contributed by atoms with van der Waals surface area (Å²) in [6, 6.07) is 2.81. The summed E-state index contributed by atoms with van der Waals surface area (Å²) in [4.78, 5) is 13.6. The number of nitrogens with zero attached hydrogens (tertiary/aromatic N) is 2. The molecule has 0 unspecified atom stereocenters. The van der Waals surface area contributed by atoms with Gasteiger partial charge in [-0.2, -0.15) is 5.26 Å². The molecule has 0 saturated heterocycles. The molecule has 3 N–H and O–H groups in total. The van der Waals surface area contributed by atoms with Gasteiger partial charge in [-0.25, -0.2) is 0 Å². The standard InChI is InChI=1S/C12H22N4O/c1-16(9-12(17)15-8-2-7-13)11-5-3-10(14)4-6-11/h10-11H,2-6,8-9,14H2,1H3,(H,15,17). The largest absolute Gasteiger partial charge is 0.354 e. The van der Waals surface area contributed by atoms with Crippen LogP contribution in [0.5, 0.6) is 0 Å². The van der Waals surface area contributed by atoms with E-state index in [0.29, 0.717) is 31.6 Å². The van der Waals surface area contributed by atoms with Crippen molar-refractivity contribution < 1.29 is 4.79 Å². The molecule has 1 fully saturated rings. The van der Waals surface area contributed by atoms with Gasteiger partial charge in [-0.3, -0.25) is 9.69 Å². The van der Waals surface area contributed by atoms with Gasteiger partial charge < -0.3 is 11.1 Å². The molecule has 0 aliphatic heterocycles. The van der Waals surface area contributed by atoms with E-state index in [1.165, 1.54) is 0 Å². The van der Waals surface area contributed by atoms with Crippen LogP contribution >= 0.6 is 0 Å². The zero-order chi connectivity index (χ0) is 12.7. The van der Waals surface area contributed by atoms with Gasteiger partial charge in [0.1, 0.15) is 0 Å². The lowest BCUT2D eigenvalue weighted by molar-refractivity contribution is -0.122. The molecule has 0 aromatic carbocycles. The second-order valence-electron chi connectivity index (χ2n) is 4.74. The minimum absolute atomic E-state index is 0.00220. The number of likely N-dealkylation sites (N-methyl/N-ethyl adjacent to an activating group) is 1. The van der Waals surface area contributed by atoms with E-state index in [9.17, 15) is 4.79 Å². The summed E-state index contributed by atoms with van der Waals surface area (Å²) in [5.74, 6) is -0.00220. The Morgan fingerprint density at radius 1 is 1.47 bits per heavy atom. The van der Waals surface area contributed by atoms with Crippen LogP contribution in [0.3, 0.4) is 0 Å². The van der Waals surface area contributed by atoms with Gasteiger partial charge in [0.15, 0.2) is 0 Å². The van der Waals surface area contributed by atoms with Gasteiger partial charge in [0.2, 0.25) is 5.91 Å². The van der Waals surface area contributed by atoms with E-state index in [1.54, 1.807) is 0 Å². The summed E-state index contributed by atoms with van der Waals surface area (Å²) in [5, 5.41) is 11.1. The molecular formula is C12H22N4O. The van der Waals surface area contributed by atoms with Gasteiger partial charge in [-0.05, 0) is 32.7 Å². The van der Waals surface area contributed by atoms with E-state index >= 15 is 0 Å². The smallest absolute Gasteiger partial charge is 0.234 e. The van der Waals surface area contributed by atoms with Crippen LogP contribution in [-0.4, -0.2) is 43.0 Å². The highest BCUT2D eigenvalue weighted by molar-refractivity contribution is 5.78. The molecule has 0 aromatic rings. The molecule has 96 valence electrons. The quantitative estimate of drug-likeness (QED) is 0.671. The number of hydrogen-bond donors (Lipinski definition) is 2. The fourth-order valence-corrected chi connectivity index (χ4v) is 2.21. The first-order chi connectivity index (χ1) is 8.13. The van der Waals surface area contributed by atoms with Crippen molar-refractivity contribution in [1.29, 1.82) is 5.26 Å². The predicted octanol–water partition coefficient (Wildman–Crippen LogP) is 0.218. The molecule has 1 aliphatic rings. The molecule has 0 atom stereocenters. The molecule has 5 heteroatoms. The summed E-state index contributed by atoms with van der Waals surface area (Å²) >= 11 is 0. The Morgan fingerprint density at radius 3 is 2.71 bits per heavy atom. The van der Waals surface area contributed by atoms with Crippen LogP contribution in [0.2, 0.25) is 0 Å². The van der Waals surface area contributed by atoms with Crippen LogP contribution in [0, 0.1) is 11.3 Å². The molecule has 1 saturated carbocycles. The van der Waals surface area contributed by atoms with Crippen molar-refractivity contribution in [1.82, 2.24) is 10.2 Å². The van der Waals surface area contributed by atoms with Crippen LogP contribution in [-0.2, 0) is 4.79 Å². The summed E-state index contributed by atoms with van der Waals surface area (Å²) in [6.45, 7) is 0.851. The van der Waals surface area contributed by atoms with Crippen molar-refractivity contribution in [3.63, 3.8) is 0 Å². The molecule has 0 heterocycles. The van der Waals surface area contributed by atoms with Gasteiger partial charge in [-0.15, -0.1) is 0 Å². The molecule has 17 heavy (non-hydrogen) atoms. The monoisotopic (exact) mass is 238 g/mol. The summed E-state index contributed by atoms with van der Waals surface area (Å²) in [7, 11) is 1.98. The molecule has 0 aromatic heterocycles. The third-order valence-corrected chi connectivity index (χ3v) is 3.32. The molecular weight excluding hydrogens is 216 g/mol. The lowest BCUT2D eigenvalue weighted by Gasteiger charge is -2.33. The average Bonchev–Trinajstić information content (AvgIpc) is 2.30. The molecule has 5 nitrogen and oxygen atoms in total. The van der Waals surface area contributed by atoms with Crippen LogP contribution in [0.15, 0.2) is 0 Å². The SMILES string of the molecule is CN(CC(=O)NCCC#N)C1CCC(N)CC1. The first kappa shape index (κ1) is 13.9. The Balaban J connectivity index is 2.21. The van der Waals surface area contributed by atoms with Crippen molar-refractivity contribution in [2.45, 2.75) is 44.2 Å². The Labute approximate surface area is 103 Å². The van der Waals surface area contributed by atoms with Gasteiger partial charge in [-0.1, -0.05) is 0 Å². The average molecular weight is 238 g/mol. The minimum atomic E-state index is -0.00220. The van der Waals surface area contributed by atoms with Crippen LogP contribution in [0.1, 0.15) is 32.1 Å². The zero-order valence-corrected chi connectivity index (χ0v) is 10.5. The third-order valence-electron chi connectivity index (χ3n) is 3.32. The van der Waals surface area contributed by atoms with Crippen molar-refractivity contribution >= 4 is 5.91 Å². The van der Waals surface area contributed by atoms with E-state index in [1.807, 2.05) is 13.1 Å². The highest BCUT2D eigenvalue weighted by Gasteiger charge is 2.22. The van der Waals surface area contributed by atoms with Crippen LogP contribution in [0.25, 0.3) is 0 Å². The Hall–Kier alpha value is -1.12. The van der Waals surface area contributed by atoms with Crippen molar-refractivity contribution in [2.24, 2.45) is 5.73 Å². The van der Waals surface area contributed by atoms with E-state index in [4.69, 9.17) is 11.0 Å². The van der Waals surface area contributed by atoms with E-state index in [2.05, 4.69) is 10.2 Å². The highest BCUT2D eigenvalue weighted by atomic mass is 16.2. The van der Waals surface area contributed by atoms with E-state index < -0.39 is 0 Å². The van der Waals surface area contributed by atoms with E-state index in [0.717, 1.165) is 25.7 Å². The Bertz CT molecular complexity index is 279. The van der Waals surface area contributed by atoms with Crippen LogP contribution < -0.4 is 11.1 Å². The normalized spacial score (nSPS) is 24.4. The first-order valence-electron chi connectivity index (χ1n) is 6.23. The molecule has 1 aliphatic carbocycles. The number of amides is 1. The number of nitrogens with two attached hydrogens (primary N) is 1. The summed E-state index contributed by atoms with van der Waals surface area (Å²) < 4.78 is 0. The molecule has 0 bridgehead atoms. The van der Waals surface area contributed by atoms with Crippen molar-refractivity contribution in [2.75, 3.05) is 20.1 Å². The Morgan fingerprint density at radius 2 is 2.12 bits per heavy atom. The third kappa shape index (κ3) is 5.16. The lowest BCUT2D eigenvalue weighted by atomic mass is 9.91. The second-order valence-corrected chi connectivity index (χ2v) is 4.74. The maximum atomic E-state index is 11.5. The summed E-state index contributed by atoms with van der Waals surface area (Å²) in [5.41, 5.74) is 5.85. The van der Waals surface area contributed by atoms with Gasteiger partial charge >= 0.3 is 0 Å².